The molecule has 0 aromatic heterocycles. The van der Waals surface area contributed by atoms with E-state index in [2.05, 4.69) is 10.3 Å². The minimum absolute atomic E-state index is 0. The number of ether oxygens (including phenoxy) is 2. The number of hydrogen-bond donors (Lipinski definition) is 2. The molecule has 0 unspecified atom stereocenters. The maximum absolute atomic E-state index is 6.05. The number of benzene rings is 2. The van der Waals surface area contributed by atoms with Crippen LogP contribution in [-0.4, -0.2) is 26.2 Å². The lowest BCUT2D eigenvalue weighted by Crippen LogP contribution is -2.23. The largest absolute Gasteiger partial charge is 0.495 e. The molecule has 0 heterocycles. The van der Waals surface area contributed by atoms with Gasteiger partial charge in [0.2, 0.25) is 0 Å². The molecule has 0 amide bonds. The molecule has 7 heteroatoms. The highest BCUT2D eigenvalue weighted by Gasteiger charge is 2.02. The third kappa shape index (κ3) is 6.94. The molecule has 0 fully saturated rings. The summed E-state index contributed by atoms with van der Waals surface area (Å²) < 4.78 is 10.6. The summed E-state index contributed by atoms with van der Waals surface area (Å²) in [5, 5.41) is 3.49. The summed E-state index contributed by atoms with van der Waals surface area (Å²) in [6, 6.07) is 15.3. The molecule has 2 aromatic rings. The Balaban J connectivity index is 0.00000288. The molecule has 2 rings (SSSR count). The van der Waals surface area contributed by atoms with Gasteiger partial charge in [0.05, 0.1) is 31.9 Å². The second-order valence-corrected chi connectivity index (χ2v) is 5.19. The molecule has 130 valence electrons. The molecule has 0 bridgehead atoms. The summed E-state index contributed by atoms with van der Waals surface area (Å²) >= 11 is 6.05. The summed E-state index contributed by atoms with van der Waals surface area (Å²) in [6.07, 6.45) is 0. The molecule has 0 aliphatic rings. The van der Waals surface area contributed by atoms with Gasteiger partial charge in [-0.3, -0.25) is 4.99 Å². The molecule has 0 atom stereocenters. The molecular weight excluding hydrogens is 441 g/mol. The number of anilines is 1. The molecule has 24 heavy (non-hydrogen) atoms. The Bertz CT molecular complexity index is 654. The monoisotopic (exact) mass is 461 g/mol. The van der Waals surface area contributed by atoms with Crippen molar-refractivity contribution < 1.29 is 9.47 Å². The number of nitrogens with two attached hydrogens (primary N) is 1. The van der Waals surface area contributed by atoms with Crippen molar-refractivity contribution >= 4 is 47.2 Å². The topological polar surface area (TPSA) is 68.9 Å². The zero-order chi connectivity index (χ0) is 16.5. The lowest BCUT2D eigenvalue weighted by Gasteiger charge is -2.08. The fraction of sp³-hybridized carbons (Fsp3) is 0.235. The molecular formula is C17H21ClIN3O2. The third-order valence-corrected chi connectivity index (χ3v) is 3.35. The molecule has 0 saturated heterocycles. The van der Waals surface area contributed by atoms with Gasteiger partial charge in [0.1, 0.15) is 5.75 Å². The second kappa shape index (κ2) is 11.1. The highest BCUT2D eigenvalue weighted by Crippen LogP contribution is 2.26. The Kier molecular flexibility index (Phi) is 9.51. The van der Waals surface area contributed by atoms with Crippen molar-refractivity contribution in [3.63, 3.8) is 0 Å². The summed E-state index contributed by atoms with van der Waals surface area (Å²) in [6.45, 7) is 1.55. The van der Waals surface area contributed by atoms with Crippen molar-refractivity contribution in [3.8, 4) is 5.75 Å². The highest BCUT2D eigenvalue weighted by atomic mass is 127. The number of halogens is 2. The van der Waals surface area contributed by atoms with E-state index in [0.29, 0.717) is 36.5 Å². The quantitative estimate of drug-likeness (QED) is 0.284. The minimum Gasteiger partial charge on any atom is -0.495 e. The molecule has 0 aliphatic carbocycles. The number of aliphatic imine (C=N–C) groups is 1. The van der Waals surface area contributed by atoms with Crippen LogP contribution in [0, 0.1) is 0 Å². The first kappa shape index (κ1) is 20.5. The fourth-order valence-corrected chi connectivity index (χ4v) is 2.18. The highest BCUT2D eigenvalue weighted by molar-refractivity contribution is 14.0. The average Bonchev–Trinajstić information content (AvgIpc) is 2.56. The van der Waals surface area contributed by atoms with Crippen LogP contribution in [0.5, 0.6) is 5.75 Å². The summed E-state index contributed by atoms with van der Waals surface area (Å²) in [4.78, 5) is 4.21. The minimum atomic E-state index is 0. The van der Waals surface area contributed by atoms with E-state index in [1.54, 1.807) is 19.2 Å². The summed E-state index contributed by atoms with van der Waals surface area (Å²) in [7, 11) is 1.57. The smallest absolute Gasteiger partial charge is 0.193 e. The molecule has 2 aromatic carbocycles. The Morgan fingerprint density at radius 1 is 1.21 bits per heavy atom. The van der Waals surface area contributed by atoms with Crippen LogP contribution < -0.4 is 15.8 Å². The first-order valence-corrected chi connectivity index (χ1v) is 7.59. The third-order valence-electron chi connectivity index (χ3n) is 3.05. The van der Waals surface area contributed by atoms with E-state index in [-0.39, 0.29) is 24.0 Å². The molecule has 0 spiro atoms. The van der Waals surface area contributed by atoms with E-state index in [9.17, 15) is 0 Å². The second-order valence-electron chi connectivity index (χ2n) is 4.78. The van der Waals surface area contributed by atoms with E-state index in [1.165, 1.54) is 0 Å². The molecule has 0 radical (unpaired) electrons. The van der Waals surface area contributed by atoms with Gasteiger partial charge < -0.3 is 20.5 Å². The number of hydrogen-bond acceptors (Lipinski definition) is 3. The zero-order valence-electron chi connectivity index (χ0n) is 13.4. The van der Waals surface area contributed by atoms with Crippen molar-refractivity contribution in [1.82, 2.24) is 0 Å². The van der Waals surface area contributed by atoms with E-state index in [1.807, 2.05) is 36.4 Å². The predicted molar refractivity (Wildman–Crippen MR) is 110 cm³/mol. The van der Waals surface area contributed by atoms with Gasteiger partial charge in [-0.2, -0.15) is 0 Å². The lowest BCUT2D eigenvalue weighted by atomic mass is 10.2. The summed E-state index contributed by atoms with van der Waals surface area (Å²) in [5.41, 5.74) is 7.72. The van der Waals surface area contributed by atoms with Gasteiger partial charge in [-0.15, -0.1) is 24.0 Å². The van der Waals surface area contributed by atoms with Crippen molar-refractivity contribution in [2.45, 2.75) is 6.61 Å². The van der Waals surface area contributed by atoms with Gasteiger partial charge in [0, 0.05) is 5.69 Å². The van der Waals surface area contributed by atoms with Gasteiger partial charge in [-0.05, 0) is 23.8 Å². The van der Waals surface area contributed by atoms with Crippen molar-refractivity contribution in [3.05, 3.63) is 59.1 Å². The van der Waals surface area contributed by atoms with Crippen LogP contribution >= 0.6 is 35.6 Å². The number of methoxy groups -OCH3 is 1. The van der Waals surface area contributed by atoms with Gasteiger partial charge >= 0.3 is 0 Å². The Hall–Kier alpha value is -1.51. The van der Waals surface area contributed by atoms with Crippen molar-refractivity contribution in [2.75, 3.05) is 25.6 Å². The van der Waals surface area contributed by atoms with Gasteiger partial charge in [-0.1, -0.05) is 41.9 Å². The molecule has 5 nitrogen and oxygen atoms in total. The number of rotatable bonds is 7. The van der Waals surface area contributed by atoms with E-state index in [0.717, 1.165) is 11.3 Å². The average molecular weight is 462 g/mol. The predicted octanol–water partition coefficient (Wildman–Crippen LogP) is 3.91. The summed E-state index contributed by atoms with van der Waals surface area (Å²) in [5.74, 6) is 0.927. The molecule has 3 N–H and O–H groups in total. The van der Waals surface area contributed by atoms with Crippen LogP contribution in [0.15, 0.2) is 53.5 Å². The van der Waals surface area contributed by atoms with Crippen LogP contribution in [0.4, 0.5) is 5.69 Å². The normalized spacial score (nSPS) is 10.8. The van der Waals surface area contributed by atoms with Crippen LogP contribution in [0.2, 0.25) is 5.02 Å². The number of nitrogens with zero attached hydrogens (tertiary/aromatic N) is 1. The Morgan fingerprint density at radius 3 is 2.62 bits per heavy atom. The number of guanidine groups is 1. The molecule has 0 saturated carbocycles. The van der Waals surface area contributed by atoms with Crippen LogP contribution in [-0.2, 0) is 11.3 Å². The zero-order valence-corrected chi connectivity index (χ0v) is 16.5. The van der Waals surface area contributed by atoms with Gasteiger partial charge in [0.25, 0.3) is 0 Å². The van der Waals surface area contributed by atoms with Crippen LogP contribution in [0.25, 0.3) is 0 Å². The Morgan fingerprint density at radius 2 is 1.96 bits per heavy atom. The fourth-order valence-electron chi connectivity index (χ4n) is 1.93. The van der Waals surface area contributed by atoms with Crippen LogP contribution in [0.3, 0.4) is 0 Å². The lowest BCUT2D eigenvalue weighted by molar-refractivity contribution is 0.128. The standard InChI is InChI=1S/C17H20ClN3O2.HI/c1-22-16-8-7-14(11-15(16)18)21-17(19)20-9-10-23-12-13-5-3-2-4-6-13;/h2-8,11H,9-10,12H2,1H3,(H3,19,20,21);1H. The maximum atomic E-state index is 6.05. The number of nitrogens with one attached hydrogen (secondary N) is 1. The van der Waals surface area contributed by atoms with Gasteiger partial charge in [0.15, 0.2) is 5.96 Å². The first-order chi connectivity index (χ1) is 11.2. The van der Waals surface area contributed by atoms with Gasteiger partial charge in [-0.25, -0.2) is 0 Å². The SMILES string of the molecule is COc1ccc(NC(N)=NCCOCc2ccccc2)cc1Cl.I. The Labute approximate surface area is 164 Å². The maximum Gasteiger partial charge on any atom is 0.193 e. The van der Waals surface area contributed by atoms with Crippen LogP contribution in [0.1, 0.15) is 5.56 Å². The first-order valence-electron chi connectivity index (χ1n) is 7.21. The van der Waals surface area contributed by atoms with E-state index in [4.69, 9.17) is 26.8 Å². The van der Waals surface area contributed by atoms with E-state index < -0.39 is 0 Å². The van der Waals surface area contributed by atoms with Crippen molar-refractivity contribution in [2.24, 2.45) is 10.7 Å². The van der Waals surface area contributed by atoms with Crippen molar-refractivity contribution in [1.29, 1.82) is 0 Å². The van der Waals surface area contributed by atoms with E-state index >= 15 is 0 Å². The molecule has 0 aliphatic heterocycles.